The normalized spacial score (nSPS) is 16.6. The van der Waals surface area contributed by atoms with Crippen LogP contribution in [0.3, 0.4) is 0 Å². The van der Waals surface area contributed by atoms with Crippen molar-refractivity contribution in [3.63, 3.8) is 0 Å². The van der Waals surface area contributed by atoms with E-state index in [1.54, 1.807) is 67.6 Å². The third-order valence-electron chi connectivity index (χ3n) is 5.89. The molecule has 37 heavy (non-hydrogen) atoms. The fraction of sp³-hybridized carbons (Fsp3) is 0.241. The first-order valence-corrected chi connectivity index (χ1v) is 12.1. The number of nitrogens with zero attached hydrogens (tertiary/aromatic N) is 1. The molecule has 0 radical (unpaired) electrons. The Kier molecular flexibility index (Phi) is 7.67. The SMILES string of the molecule is CCOc1ccc(N2C(=O)C(=O)/C(=C(\O)c3cccc(OCC)c3)C2c2ccc(O)c(OCC)c2)cc1. The van der Waals surface area contributed by atoms with Crippen molar-refractivity contribution in [1.82, 2.24) is 0 Å². The predicted octanol–water partition coefficient (Wildman–Crippen LogP) is 5.21. The molecular weight excluding hydrogens is 474 g/mol. The predicted molar refractivity (Wildman–Crippen MR) is 139 cm³/mol. The van der Waals surface area contributed by atoms with Crippen molar-refractivity contribution < 1.29 is 34.0 Å². The summed E-state index contributed by atoms with van der Waals surface area (Å²) >= 11 is 0. The Morgan fingerprint density at radius 1 is 0.838 bits per heavy atom. The molecule has 8 nitrogen and oxygen atoms in total. The summed E-state index contributed by atoms with van der Waals surface area (Å²) in [5, 5.41) is 21.6. The smallest absolute Gasteiger partial charge is 0.300 e. The fourth-order valence-electron chi connectivity index (χ4n) is 4.31. The lowest BCUT2D eigenvalue weighted by atomic mass is 9.94. The first-order chi connectivity index (χ1) is 17.9. The van der Waals surface area contributed by atoms with Crippen LogP contribution in [0.5, 0.6) is 23.0 Å². The zero-order valence-electron chi connectivity index (χ0n) is 20.9. The van der Waals surface area contributed by atoms with E-state index in [0.717, 1.165) is 0 Å². The lowest BCUT2D eigenvalue weighted by Gasteiger charge is -2.26. The monoisotopic (exact) mass is 503 g/mol. The highest BCUT2D eigenvalue weighted by atomic mass is 16.5. The number of aromatic hydroxyl groups is 1. The van der Waals surface area contributed by atoms with Gasteiger partial charge in [0.25, 0.3) is 11.7 Å². The van der Waals surface area contributed by atoms with Crippen molar-refractivity contribution in [3.05, 3.63) is 83.4 Å². The minimum absolute atomic E-state index is 0.0759. The van der Waals surface area contributed by atoms with Gasteiger partial charge in [0.15, 0.2) is 11.5 Å². The molecule has 2 N–H and O–H groups in total. The number of hydrogen-bond acceptors (Lipinski definition) is 7. The second-order valence-corrected chi connectivity index (χ2v) is 8.22. The molecule has 0 aromatic heterocycles. The maximum atomic E-state index is 13.4. The Morgan fingerprint density at radius 2 is 1.51 bits per heavy atom. The topological polar surface area (TPSA) is 106 Å². The minimum Gasteiger partial charge on any atom is -0.507 e. The van der Waals surface area contributed by atoms with E-state index < -0.39 is 17.7 Å². The molecule has 0 spiro atoms. The molecule has 1 fully saturated rings. The van der Waals surface area contributed by atoms with Crippen LogP contribution in [0.25, 0.3) is 5.76 Å². The average Bonchev–Trinajstić information content (AvgIpc) is 3.16. The van der Waals surface area contributed by atoms with E-state index in [2.05, 4.69) is 0 Å². The number of amides is 1. The molecule has 0 saturated carbocycles. The number of anilines is 1. The molecule has 1 saturated heterocycles. The zero-order chi connectivity index (χ0) is 26.5. The van der Waals surface area contributed by atoms with E-state index in [1.165, 1.54) is 11.0 Å². The van der Waals surface area contributed by atoms with Crippen LogP contribution in [0.4, 0.5) is 5.69 Å². The molecule has 3 aromatic carbocycles. The van der Waals surface area contributed by atoms with Crippen LogP contribution in [0.1, 0.15) is 37.9 Å². The molecule has 1 unspecified atom stereocenters. The zero-order valence-corrected chi connectivity index (χ0v) is 20.9. The molecule has 1 aliphatic heterocycles. The van der Waals surface area contributed by atoms with Gasteiger partial charge in [-0.25, -0.2) is 0 Å². The molecule has 1 amide bonds. The highest BCUT2D eigenvalue weighted by molar-refractivity contribution is 6.51. The number of Topliss-reactive ketones (excluding diaryl/α,β-unsaturated/α-hetero) is 1. The van der Waals surface area contributed by atoms with Crippen LogP contribution in [0.15, 0.2) is 72.3 Å². The van der Waals surface area contributed by atoms with Crippen LogP contribution < -0.4 is 19.1 Å². The number of carbonyl (C=O) groups excluding carboxylic acids is 2. The largest absolute Gasteiger partial charge is 0.507 e. The van der Waals surface area contributed by atoms with Crippen LogP contribution in [-0.4, -0.2) is 41.7 Å². The average molecular weight is 504 g/mol. The van der Waals surface area contributed by atoms with Gasteiger partial charge in [-0.3, -0.25) is 14.5 Å². The second kappa shape index (κ2) is 11.1. The molecule has 1 aliphatic rings. The minimum atomic E-state index is -0.978. The quantitative estimate of drug-likeness (QED) is 0.234. The summed E-state index contributed by atoms with van der Waals surface area (Å²) < 4.78 is 16.6. The van der Waals surface area contributed by atoms with Gasteiger partial charge in [0.1, 0.15) is 17.3 Å². The molecule has 192 valence electrons. The number of carbonyl (C=O) groups is 2. The molecule has 4 rings (SSSR count). The Hall–Kier alpha value is -4.46. The van der Waals surface area contributed by atoms with E-state index in [1.807, 2.05) is 13.8 Å². The second-order valence-electron chi connectivity index (χ2n) is 8.22. The summed E-state index contributed by atoms with van der Waals surface area (Å²) in [6.45, 7) is 6.71. The number of benzene rings is 3. The summed E-state index contributed by atoms with van der Waals surface area (Å²) in [5.74, 6) is -0.678. The van der Waals surface area contributed by atoms with Crippen molar-refractivity contribution in [1.29, 1.82) is 0 Å². The Labute approximate surface area is 215 Å². The van der Waals surface area contributed by atoms with Crippen molar-refractivity contribution in [2.75, 3.05) is 24.7 Å². The van der Waals surface area contributed by atoms with Crippen molar-refractivity contribution in [2.45, 2.75) is 26.8 Å². The Bertz CT molecular complexity index is 1330. The first kappa shape index (κ1) is 25.6. The third kappa shape index (κ3) is 5.09. The van der Waals surface area contributed by atoms with Gasteiger partial charge in [-0.1, -0.05) is 18.2 Å². The summed E-state index contributed by atoms with van der Waals surface area (Å²) in [4.78, 5) is 28.1. The van der Waals surface area contributed by atoms with Gasteiger partial charge >= 0.3 is 0 Å². The molecule has 1 atom stereocenters. The van der Waals surface area contributed by atoms with Gasteiger partial charge in [0.2, 0.25) is 0 Å². The Balaban J connectivity index is 1.91. The maximum absolute atomic E-state index is 13.4. The van der Waals surface area contributed by atoms with Gasteiger partial charge in [-0.15, -0.1) is 0 Å². The lowest BCUT2D eigenvalue weighted by Crippen LogP contribution is -2.29. The van der Waals surface area contributed by atoms with Crippen LogP contribution in [0, 0.1) is 0 Å². The number of rotatable bonds is 9. The van der Waals surface area contributed by atoms with E-state index in [9.17, 15) is 19.8 Å². The van der Waals surface area contributed by atoms with Crippen LogP contribution >= 0.6 is 0 Å². The molecule has 3 aromatic rings. The fourth-order valence-corrected chi connectivity index (χ4v) is 4.31. The first-order valence-electron chi connectivity index (χ1n) is 12.1. The number of aliphatic hydroxyl groups is 1. The molecule has 8 heteroatoms. The number of hydrogen-bond donors (Lipinski definition) is 2. The van der Waals surface area contributed by atoms with Gasteiger partial charge in [0, 0.05) is 11.3 Å². The number of phenolic OH excluding ortho intramolecular Hbond substituents is 1. The van der Waals surface area contributed by atoms with Gasteiger partial charge in [0.05, 0.1) is 31.4 Å². The third-order valence-corrected chi connectivity index (χ3v) is 5.89. The van der Waals surface area contributed by atoms with Crippen LogP contribution in [0.2, 0.25) is 0 Å². The van der Waals surface area contributed by atoms with Gasteiger partial charge in [-0.2, -0.15) is 0 Å². The maximum Gasteiger partial charge on any atom is 0.300 e. The summed E-state index contributed by atoms with van der Waals surface area (Å²) in [6.07, 6.45) is 0. The van der Waals surface area contributed by atoms with E-state index in [4.69, 9.17) is 14.2 Å². The van der Waals surface area contributed by atoms with Gasteiger partial charge in [-0.05, 0) is 74.9 Å². The van der Waals surface area contributed by atoms with Crippen molar-refractivity contribution in [2.24, 2.45) is 0 Å². The van der Waals surface area contributed by atoms with Crippen LogP contribution in [-0.2, 0) is 9.59 Å². The van der Waals surface area contributed by atoms with Crippen molar-refractivity contribution in [3.8, 4) is 23.0 Å². The van der Waals surface area contributed by atoms with E-state index >= 15 is 0 Å². The van der Waals surface area contributed by atoms with Gasteiger partial charge < -0.3 is 24.4 Å². The van der Waals surface area contributed by atoms with E-state index in [0.29, 0.717) is 48.1 Å². The number of phenols is 1. The molecule has 0 bridgehead atoms. The molecule has 1 heterocycles. The highest BCUT2D eigenvalue weighted by Gasteiger charge is 2.47. The summed E-state index contributed by atoms with van der Waals surface area (Å²) in [5.41, 5.74) is 1.19. The number of ether oxygens (including phenoxy) is 3. The van der Waals surface area contributed by atoms with E-state index in [-0.39, 0.29) is 22.8 Å². The Morgan fingerprint density at radius 3 is 2.19 bits per heavy atom. The summed E-state index contributed by atoms with van der Waals surface area (Å²) in [6, 6.07) is 17.1. The number of aliphatic hydroxyl groups excluding tert-OH is 1. The summed E-state index contributed by atoms with van der Waals surface area (Å²) in [7, 11) is 0. The molecule has 0 aliphatic carbocycles. The number of ketones is 1. The van der Waals surface area contributed by atoms with Crippen molar-refractivity contribution >= 4 is 23.1 Å². The lowest BCUT2D eigenvalue weighted by molar-refractivity contribution is -0.132. The highest BCUT2D eigenvalue weighted by Crippen LogP contribution is 2.44. The standard InChI is InChI=1S/C29H29NO7/c1-4-35-21-13-11-20(12-14-21)30-26(18-10-15-23(31)24(17-18)37-6-3)25(28(33)29(30)34)27(32)19-8-7-9-22(16-19)36-5-2/h7-17,26,31-32H,4-6H2,1-3H3/b27-25-. The molecular formula is C29H29NO7.